The number of hydrogen-bond donors (Lipinski definition) is 1. The minimum absolute atomic E-state index is 0.0255. The highest BCUT2D eigenvalue weighted by atomic mass is 19.1. The lowest BCUT2D eigenvalue weighted by Crippen LogP contribution is -2.32. The summed E-state index contributed by atoms with van der Waals surface area (Å²) in [6.45, 7) is 0.313. The zero-order valence-corrected chi connectivity index (χ0v) is 14.0. The number of nitrogens with two attached hydrogens (primary N) is 1. The SMILES string of the molecule is CN(C)C(=O)CC(N)Cc1ccc(OCc2cccc(F)c2)cc1. The van der Waals surface area contributed by atoms with E-state index in [1.807, 2.05) is 30.3 Å². The summed E-state index contributed by atoms with van der Waals surface area (Å²) in [4.78, 5) is 13.2. The van der Waals surface area contributed by atoms with Crippen molar-refractivity contribution in [1.29, 1.82) is 0 Å². The fourth-order valence-corrected chi connectivity index (χ4v) is 2.30. The highest BCUT2D eigenvalue weighted by Gasteiger charge is 2.11. The van der Waals surface area contributed by atoms with E-state index >= 15 is 0 Å². The van der Waals surface area contributed by atoms with Gasteiger partial charge in [0.1, 0.15) is 18.2 Å². The minimum Gasteiger partial charge on any atom is -0.489 e. The minimum atomic E-state index is -0.271. The molecule has 1 amide bonds. The molecule has 0 aliphatic rings. The van der Waals surface area contributed by atoms with Crippen LogP contribution in [0.5, 0.6) is 5.75 Å². The number of hydrogen-bond acceptors (Lipinski definition) is 3. The highest BCUT2D eigenvalue weighted by Crippen LogP contribution is 2.16. The molecular formula is C19H23FN2O2. The van der Waals surface area contributed by atoms with Gasteiger partial charge in [0.25, 0.3) is 0 Å². The molecular weight excluding hydrogens is 307 g/mol. The summed E-state index contributed by atoms with van der Waals surface area (Å²) >= 11 is 0. The normalized spacial score (nSPS) is 11.8. The van der Waals surface area contributed by atoms with E-state index in [4.69, 9.17) is 10.5 Å². The lowest BCUT2D eigenvalue weighted by molar-refractivity contribution is -0.129. The molecule has 4 nitrogen and oxygen atoms in total. The molecule has 0 spiro atoms. The first kappa shape index (κ1) is 17.9. The Morgan fingerprint density at radius 1 is 1.17 bits per heavy atom. The van der Waals surface area contributed by atoms with Crippen LogP contribution in [-0.2, 0) is 17.8 Å². The van der Waals surface area contributed by atoms with Gasteiger partial charge in [0, 0.05) is 26.6 Å². The van der Waals surface area contributed by atoms with Crippen LogP contribution in [0.25, 0.3) is 0 Å². The number of rotatable bonds is 7. The van der Waals surface area contributed by atoms with Gasteiger partial charge in [0.2, 0.25) is 5.91 Å². The van der Waals surface area contributed by atoms with E-state index in [1.54, 1.807) is 25.1 Å². The molecule has 0 aliphatic carbocycles. The zero-order chi connectivity index (χ0) is 17.5. The third-order valence-electron chi connectivity index (χ3n) is 3.65. The van der Waals surface area contributed by atoms with E-state index < -0.39 is 0 Å². The fourth-order valence-electron chi connectivity index (χ4n) is 2.30. The smallest absolute Gasteiger partial charge is 0.223 e. The Kier molecular flexibility index (Phi) is 6.32. The summed E-state index contributed by atoms with van der Waals surface area (Å²) in [6, 6.07) is 13.7. The Morgan fingerprint density at radius 3 is 2.50 bits per heavy atom. The van der Waals surface area contributed by atoms with Gasteiger partial charge in [-0.25, -0.2) is 4.39 Å². The lowest BCUT2D eigenvalue weighted by atomic mass is 10.0. The number of nitrogens with zero attached hydrogens (tertiary/aromatic N) is 1. The van der Waals surface area contributed by atoms with Crippen LogP contribution in [0.3, 0.4) is 0 Å². The third-order valence-corrected chi connectivity index (χ3v) is 3.65. The molecule has 2 aromatic rings. The average Bonchev–Trinajstić information content (AvgIpc) is 2.54. The number of benzene rings is 2. The van der Waals surface area contributed by atoms with Crippen molar-refractivity contribution in [3.05, 3.63) is 65.5 Å². The Morgan fingerprint density at radius 2 is 1.88 bits per heavy atom. The van der Waals surface area contributed by atoms with Gasteiger partial charge in [0.15, 0.2) is 0 Å². The van der Waals surface area contributed by atoms with Gasteiger partial charge in [-0.05, 0) is 41.8 Å². The van der Waals surface area contributed by atoms with E-state index in [1.165, 1.54) is 12.1 Å². The Labute approximate surface area is 142 Å². The van der Waals surface area contributed by atoms with Gasteiger partial charge in [-0.1, -0.05) is 24.3 Å². The summed E-state index contributed by atoms with van der Waals surface area (Å²) in [5, 5.41) is 0. The zero-order valence-electron chi connectivity index (χ0n) is 14.0. The lowest BCUT2D eigenvalue weighted by Gasteiger charge is -2.15. The van der Waals surface area contributed by atoms with Crippen molar-refractivity contribution >= 4 is 5.91 Å². The third kappa shape index (κ3) is 5.66. The second-order valence-electron chi connectivity index (χ2n) is 6.02. The van der Waals surface area contributed by atoms with Crippen LogP contribution in [0.2, 0.25) is 0 Å². The molecule has 0 saturated carbocycles. The van der Waals surface area contributed by atoms with Crippen LogP contribution in [-0.4, -0.2) is 30.9 Å². The quantitative estimate of drug-likeness (QED) is 0.849. The van der Waals surface area contributed by atoms with Gasteiger partial charge in [-0.2, -0.15) is 0 Å². The highest BCUT2D eigenvalue weighted by molar-refractivity contribution is 5.76. The van der Waals surface area contributed by atoms with Crippen LogP contribution in [0.15, 0.2) is 48.5 Å². The van der Waals surface area contributed by atoms with E-state index in [0.29, 0.717) is 25.2 Å². The summed E-state index contributed by atoms with van der Waals surface area (Å²) in [5.74, 6) is 0.464. The molecule has 0 heterocycles. The first-order chi connectivity index (χ1) is 11.4. The van der Waals surface area contributed by atoms with Crippen LogP contribution in [0, 0.1) is 5.82 Å². The largest absolute Gasteiger partial charge is 0.489 e. The number of amides is 1. The molecule has 5 heteroatoms. The van der Waals surface area contributed by atoms with E-state index in [0.717, 1.165) is 11.1 Å². The predicted molar refractivity (Wildman–Crippen MR) is 92.2 cm³/mol. The van der Waals surface area contributed by atoms with Crippen molar-refractivity contribution in [1.82, 2.24) is 4.90 Å². The van der Waals surface area contributed by atoms with Crippen LogP contribution >= 0.6 is 0 Å². The summed E-state index contributed by atoms with van der Waals surface area (Å²) in [6.07, 6.45) is 0.953. The van der Waals surface area contributed by atoms with Gasteiger partial charge >= 0.3 is 0 Å². The Hall–Kier alpha value is -2.40. The number of carbonyl (C=O) groups excluding carboxylic acids is 1. The standard InChI is InChI=1S/C19H23FN2O2/c1-22(2)19(23)12-17(21)11-14-6-8-18(9-7-14)24-13-15-4-3-5-16(20)10-15/h3-10,17H,11-13,21H2,1-2H3. The molecule has 0 aromatic heterocycles. The topological polar surface area (TPSA) is 55.6 Å². The number of carbonyl (C=O) groups is 1. The first-order valence-corrected chi connectivity index (χ1v) is 7.86. The van der Waals surface area contributed by atoms with E-state index in [2.05, 4.69) is 0 Å². The molecule has 0 radical (unpaired) electrons. The molecule has 2 aromatic carbocycles. The van der Waals surface area contributed by atoms with Gasteiger partial charge in [-0.15, -0.1) is 0 Å². The molecule has 0 bridgehead atoms. The van der Waals surface area contributed by atoms with Crippen molar-refractivity contribution in [2.24, 2.45) is 5.73 Å². The Bertz CT molecular complexity index is 671. The maximum Gasteiger partial charge on any atom is 0.223 e. The number of ether oxygens (including phenoxy) is 1. The van der Waals surface area contributed by atoms with Crippen molar-refractivity contribution in [2.75, 3.05) is 14.1 Å². The first-order valence-electron chi connectivity index (χ1n) is 7.86. The summed E-state index contributed by atoms with van der Waals surface area (Å²) in [7, 11) is 3.44. The second kappa shape index (κ2) is 8.45. The average molecular weight is 330 g/mol. The Balaban J connectivity index is 1.85. The van der Waals surface area contributed by atoms with E-state index in [9.17, 15) is 9.18 Å². The van der Waals surface area contributed by atoms with Crippen molar-refractivity contribution in [2.45, 2.75) is 25.5 Å². The van der Waals surface area contributed by atoms with Gasteiger partial charge < -0.3 is 15.4 Å². The summed E-state index contributed by atoms with van der Waals surface area (Å²) in [5.41, 5.74) is 7.85. The number of halogens is 1. The molecule has 128 valence electrons. The van der Waals surface area contributed by atoms with E-state index in [-0.39, 0.29) is 17.8 Å². The molecule has 2 rings (SSSR count). The molecule has 0 saturated heterocycles. The van der Waals surface area contributed by atoms with Crippen LogP contribution in [0.1, 0.15) is 17.5 Å². The monoisotopic (exact) mass is 330 g/mol. The molecule has 1 atom stereocenters. The molecule has 0 fully saturated rings. The second-order valence-corrected chi connectivity index (χ2v) is 6.02. The van der Waals surface area contributed by atoms with Gasteiger partial charge in [-0.3, -0.25) is 4.79 Å². The molecule has 24 heavy (non-hydrogen) atoms. The van der Waals surface area contributed by atoms with Crippen molar-refractivity contribution in [3.8, 4) is 5.75 Å². The van der Waals surface area contributed by atoms with Crippen LogP contribution in [0.4, 0.5) is 4.39 Å². The molecule has 0 aliphatic heterocycles. The van der Waals surface area contributed by atoms with Gasteiger partial charge in [0.05, 0.1) is 0 Å². The van der Waals surface area contributed by atoms with Crippen molar-refractivity contribution in [3.63, 3.8) is 0 Å². The predicted octanol–water partition coefficient (Wildman–Crippen LogP) is 2.75. The maximum absolute atomic E-state index is 13.1. The van der Waals surface area contributed by atoms with Crippen LogP contribution < -0.4 is 10.5 Å². The van der Waals surface area contributed by atoms with Crippen molar-refractivity contribution < 1.29 is 13.9 Å². The molecule has 2 N–H and O–H groups in total. The summed E-state index contributed by atoms with van der Waals surface area (Å²) < 4.78 is 18.8. The molecule has 1 unspecified atom stereocenters. The fraction of sp³-hybridized carbons (Fsp3) is 0.316. The maximum atomic E-state index is 13.1.